The van der Waals surface area contributed by atoms with Gasteiger partial charge in [-0.1, -0.05) is 11.6 Å². The number of esters is 1. The molecule has 2 rings (SSSR count). The van der Waals surface area contributed by atoms with Crippen LogP contribution in [0.15, 0.2) is 12.1 Å². The number of ketones is 1. The van der Waals surface area contributed by atoms with E-state index >= 15 is 0 Å². The molecule has 0 spiro atoms. The van der Waals surface area contributed by atoms with Crippen molar-refractivity contribution in [1.29, 1.82) is 0 Å². The molecule has 0 radical (unpaired) electrons. The molecule has 0 N–H and O–H groups in total. The Bertz CT molecular complexity index is 647. The van der Waals surface area contributed by atoms with Gasteiger partial charge in [-0.15, -0.1) is 0 Å². The van der Waals surface area contributed by atoms with Crippen molar-refractivity contribution in [2.75, 3.05) is 6.61 Å². The third kappa shape index (κ3) is 2.68. The molecule has 0 saturated carbocycles. The van der Waals surface area contributed by atoms with Gasteiger partial charge >= 0.3 is 18.2 Å². The molecule has 1 aromatic carbocycles. The van der Waals surface area contributed by atoms with Gasteiger partial charge < -0.3 is 14.2 Å². The monoisotopic (exact) mass is 342 g/mol. The van der Waals surface area contributed by atoms with Crippen molar-refractivity contribution < 1.29 is 41.4 Å². The van der Waals surface area contributed by atoms with E-state index in [1.54, 1.807) is 0 Å². The number of benzene rings is 1. The van der Waals surface area contributed by atoms with Crippen molar-refractivity contribution in [2.45, 2.75) is 19.1 Å². The normalized spacial score (nSPS) is 17.7. The maximum Gasteiger partial charge on any atom is 0.507 e. The van der Waals surface area contributed by atoms with Gasteiger partial charge in [-0.25, -0.2) is 4.79 Å². The first-order valence-electron chi connectivity index (χ1n) is 5.77. The second kappa shape index (κ2) is 5.31. The van der Waals surface area contributed by atoms with Crippen molar-refractivity contribution in [3.05, 3.63) is 22.7 Å². The van der Waals surface area contributed by atoms with Gasteiger partial charge in [0, 0.05) is 6.07 Å². The lowest BCUT2D eigenvalue weighted by Crippen LogP contribution is -2.52. The van der Waals surface area contributed by atoms with E-state index in [2.05, 4.69) is 14.2 Å². The van der Waals surface area contributed by atoms with E-state index in [1.165, 1.54) is 6.92 Å². The van der Waals surface area contributed by atoms with Crippen LogP contribution in [0.2, 0.25) is 5.02 Å². The van der Waals surface area contributed by atoms with E-state index in [9.17, 15) is 27.2 Å². The second-order valence-corrected chi connectivity index (χ2v) is 4.47. The fourth-order valence-electron chi connectivity index (χ4n) is 1.57. The van der Waals surface area contributed by atoms with Crippen LogP contribution in [-0.4, -0.2) is 30.6 Å². The summed E-state index contributed by atoms with van der Waals surface area (Å²) in [5.41, 5.74) is -0.538. The van der Waals surface area contributed by atoms with Crippen LogP contribution in [0.5, 0.6) is 11.5 Å². The van der Waals surface area contributed by atoms with Crippen LogP contribution >= 0.6 is 11.6 Å². The highest BCUT2D eigenvalue weighted by Crippen LogP contribution is 2.48. The number of halogens is 5. The Morgan fingerprint density at radius 3 is 2.14 bits per heavy atom. The van der Waals surface area contributed by atoms with Crippen LogP contribution in [0.25, 0.3) is 0 Å². The zero-order valence-electron chi connectivity index (χ0n) is 10.8. The summed E-state index contributed by atoms with van der Waals surface area (Å²) in [6.45, 7) is 1.34. The van der Waals surface area contributed by atoms with E-state index in [4.69, 9.17) is 11.6 Å². The molecule has 0 saturated heterocycles. The molecular formula is C12H7ClF4O5. The predicted octanol–water partition coefficient (Wildman–Crippen LogP) is 3.04. The molecule has 22 heavy (non-hydrogen) atoms. The van der Waals surface area contributed by atoms with Gasteiger partial charge in [-0.3, -0.25) is 4.79 Å². The first-order chi connectivity index (χ1) is 10.1. The molecule has 120 valence electrons. The molecule has 0 amide bonds. The smallest absolute Gasteiger partial charge is 0.460 e. The fourth-order valence-corrected chi connectivity index (χ4v) is 1.81. The zero-order valence-corrected chi connectivity index (χ0v) is 11.5. The number of alkyl halides is 4. The SMILES string of the molecule is CCOC(=O)C(=O)c1cc2c(cc1Cl)OC(F)(F)C(F)(F)O2. The van der Waals surface area contributed by atoms with Gasteiger partial charge in [-0.05, 0) is 13.0 Å². The molecule has 0 fully saturated rings. The first-order valence-corrected chi connectivity index (χ1v) is 6.15. The summed E-state index contributed by atoms with van der Waals surface area (Å²) in [7, 11) is 0. The van der Waals surface area contributed by atoms with Crippen molar-refractivity contribution in [3.8, 4) is 11.5 Å². The van der Waals surface area contributed by atoms with Crippen molar-refractivity contribution in [3.63, 3.8) is 0 Å². The summed E-state index contributed by atoms with van der Waals surface area (Å²) in [5, 5.41) is -0.457. The molecule has 1 aliphatic heterocycles. The Morgan fingerprint density at radius 2 is 1.64 bits per heavy atom. The minimum Gasteiger partial charge on any atom is -0.460 e. The average Bonchev–Trinajstić information content (AvgIpc) is 2.39. The summed E-state index contributed by atoms with van der Waals surface area (Å²) < 4.78 is 64.3. The standard InChI is InChI=1S/C12H7ClF4O5/c1-2-20-10(19)9(18)5-3-7-8(4-6(5)13)22-12(16,17)11(14,15)21-7/h3-4H,2H2,1H3. The van der Waals surface area contributed by atoms with E-state index in [0.717, 1.165) is 0 Å². The highest BCUT2D eigenvalue weighted by atomic mass is 35.5. The van der Waals surface area contributed by atoms with Crippen LogP contribution < -0.4 is 9.47 Å². The highest BCUT2D eigenvalue weighted by Gasteiger charge is 2.66. The lowest BCUT2D eigenvalue weighted by molar-refractivity contribution is -0.391. The third-order valence-electron chi connectivity index (χ3n) is 2.55. The highest BCUT2D eigenvalue weighted by molar-refractivity contribution is 6.45. The minimum atomic E-state index is -4.95. The van der Waals surface area contributed by atoms with E-state index in [0.29, 0.717) is 12.1 Å². The maximum absolute atomic E-state index is 13.1. The molecule has 0 atom stereocenters. The van der Waals surface area contributed by atoms with Gasteiger partial charge in [0.2, 0.25) is 0 Å². The van der Waals surface area contributed by atoms with Crippen LogP contribution in [0, 0.1) is 0 Å². The van der Waals surface area contributed by atoms with Crippen LogP contribution in [-0.2, 0) is 9.53 Å². The maximum atomic E-state index is 13.1. The number of hydrogen-bond donors (Lipinski definition) is 0. The Hall–Kier alpha value is -2.03. The Morgan fingerprint density at radius 1 is 1.14 bits per heavy atom. The number of fused-ring (bicyclic) bond motifs is 1. The summed E-state index contributed by atoms with van der Waals surface area (Å²) in [6, 6.07) is 1.28. The summed E-state index contributed by atoms with van der Waals surface area (Å²) >= 11 is 5.67. The number of rotatable bonds is 3. The molecular weight excluding hydrogens is 336 g/mol. The molecule has 10 heteroatoms. The van der Waals surface area contributed by atoms with Gasteiger partial charge in [0.15, 0.2) is 11.5 Å². The molecule has 1 aromatic rings. The van der Waals surface area contributed by atoms with Gasteiger partial charge in [-0.2, -0.15) is 17.6 Å². The Kier molecular flexibility index (Phi) is 3.94. The van der Waals surface area contributed by atoms with E-state index in [1.807, 2.05) is 0 Å². The number of ether oxygens (including phenoxy) is 3. The third-order valence-corrected chi connectivity index (χ3v) is 2.87. The molecule has 0 unspecified atom stereocenters. The van der Waals surface area contributed by atoms with Gasteiger partial charge in [0.25, 0.3) is 5.78 Å². The average molecular weight is 343 g/mol. The topological polar surface area (TPSA) is 61.8 Å². The number of carbonyl (C=O) groups is 2. The molecule has 1 aliphatic rings. The Labute approximate surface area is 125 Å². The van der Waals surface area contributed by atoms with Crippen molar-refractivity contribution in [1.82, 2.24) is 0 Å². The Balaban J connectivity index is 2.44. The summed E-state index contributed by atoms with van der Waals surface area (Å²) in [4.78, 5) is 23.1. The molecule has 1 heterocycles. The lowest BCUT2D eigenvalue weighted by Gasteiger charge is -2.32. The predicted molar refractivity (Wildman–Crippen MR) is 63.6 cm³/mol. The van der Waals surface area contributed by atoms with Crippen LogP contribution in [0.3, 0.4) is 0 Å². The van der Waals surface area contributed by atoms with Crippen molar-refractivity contribution in [2.24, 2.45) is 0 Å². The summed E-state index contributed by atoms with van der Waals surface area (Å²) in [5.74, 6) is -4.16. The van der Waals surface area contributed by atoms with Gasteiger partial charge in [0.1, 0.15) is 0 Å². The molecule has 0 aromatic heterocycles. The zero-order chi connectivity index (χ0) is 16.7. The number of carbonyl (C=O) groups excluding carboxylic acids is 2. The van der Waals surface area contributed by atoms with Crippen LogP contribution in [0.4, 0.5) is 17.6 Å². The van der Waals surface area contributed by atoms with Gasteiger partial charge in [0.05, 0.1) is 17.2 Å². The fraction of sp³-hybridized carbons (Fsp3) is 0.333. The molecule has 5 nitrogen and oxygen atoms in total. The molecule has 0 bridgehead atoms. The summed E-state index contributed by atoms with van der Waals surface area (Å²) in [6.07, 6.45) is -9.85. The minimum absolute atomic E-state index is 0.100. The number of Topliss-reactive ketones (excluding diaryl/α,β-unsaturated/α-hetero) is 1. The first kappa shape index (κ1) is 16.3. The van der Waals surface area contributed by atoms with E-state index < -0.39 is 46.1 Å². The quantitative estimate of drug-likeness (QED) is 0.366. The number of hydrogen-bond acceptors (Lipinski definition) is 5. The lowest BCUT2D eigenvalue weighted by atomic mass is 10.1. The van der Waals surface area contributed by atoms with Crippen molar-refractivity contribution >= 4 is 23.4 Å². The van der Waals surface area contributed by atoms with E-state index in [-0.39, 0.29) is 6.61 Å². The second-order valence-electron chi connectivity index (χ2n) is 4.07. The molecule has 0 aliphatic carbocycles. The largest absolute Gasteiger partial charge is 0.507 e. The van der Waals surface area contributed by atoms with Crippen LogP contribution in [0.1, 0.15) is 17.3 Å².